The minimum atomic E-state index is -0.365. The van der Waals surface area contributed by atoms with Gasteiger partial charge in [-0.05, 0) is 144 Å². The molecule has 0 aliphatic heterocycles. The molecule has 0 fully saturated rings. The zero-order valence-electron chi connectivity index (χ0n) is 49.3. The summed E-state index contributed by atoms with van der Waals surface area (Å²) in [7, 11) is 0. The molecule has 8 aromatic carbocycles. The van der Waals surface area contributed by atoms with E-state index in [1.807, 2.05) is 18.2 Å². The van der Waals surface area contributed by atoms with E-state index in [-0.39, 0.29) is 39.2 Å². The standard InChI is InChI=1S/C73H77N5O/c1-44(2)56-38-49(46-25-19-17-20-26-46)39-57(45(3)4)66(56)78-63-32-24-30-55(64(63)76-69(78)59-41-54(72(11,12)13)42-60(67(59)79)73(14,15)16)50-35-51(37-53(36-50)71(8,9)10)68-75-61-31-23-29-48(43-74)65(61)77(68)62-34-33-52(70(5,6)7)40-58(62)47-27-21-18-22-28-47/h17-42,44-45,79H,1-16H3. The molecule has 0 atom stereocenters. The van der Waals surface area contributed by atoms with E-state index < -0.39 is 0 Å². The predicted molar refractivity (Wildman–Crippen MR) is 332 cm³/mol. The first-order valence-electron chi connectivity index (χ1n) is 28.2. The van der Waals surface area contributed by atoms with Gasteiger partial charge in [0.25, 0.3) is 0 Å². The number of nitrogens with zero attached hydrogens (tertiary/aromatic N) is 5. The van der Waals surface area contributed by atoms with Gasteiger partial charge in [0.1, 0.15) is 23.5 Å². The van der Waals surface area contributed by atoms with Crippen LogP contribution in [0.4, 0.5) is 0 Å². The van der Waals surface area contributed by atoms with Gasteiger partial charge in [0.2, 0.25) is 0 Å². The largest absolute Gasteiger partial charge is 0.507 e. The highest BCUT2D eigenvalue weighted by molar-refractivity contribution is 5.98. The van der Waals surface area contributed by atoms with Crippen molar-refractivity contribution in [3.05, 3.63) is 197 Å². The highest BCUT2D eigenvalue weighted by Gasteiger charge is 2.32. The Bertz CT molecular complexity index is 3970. The Labute approximate surface area is 469 Å². The van der Waals surface area contributed by atoms with E-state index >= 15 is 0 Å². The fourth-order valence-corrected chi connectivity index (χ4v) is 11.2. The van der Waals surface area contributed by atoms with Gasteiger partial charge in [-0.2, -0.15) is 5.26 Å². The monoisotopic (exact) mass is 1040 g/mol. The number of aromatic hydroxyl groups is 1. The molecular formula is C73H77N5O. The highest BCUT2D eigenvalue weighted by Crippen LogP contribution is 2.48. The second-order valence-corrected chi connectivity index (χ2v) is 26.5. The van der Waals surface area contributed by atoms with Gasteiger partial charge in [-0.3, -0.25) is 9.13 Å². The third-order valence-corrected chi connectivity index (χ3v) is 15.8. The van der Waals surface area contributed by atoms with Crippen LogP contribution in [0.25, 0.3) is 89.6 Å². The Morgan fingerprint density at radius 2 is 1.03 bits per heavy atom. The minimum absolute atomic E-state index is 0.106. The van der Waals surface area contributed by atoms with Crippen LogP contribution >= 0.6 is 0 Å². The van der Waals surface area contributed by atoms with Crippen LogP contribution in [-0.4, -0.2) is 24.2 Å². The lowest BCUT2D eigenvalue weighted by molar-refractivity contribution is 0.446. The number of phenolic OH excluding ortho intramolecular Hbond substituents is 1. The first kappa shape index (κ1) is 54.3. The average molecular weight is 1040 g/mol. The summed E-state index contributed by atoms with van der Waals surface area (Å²) in [5, 5.41) is 23.7. The van der Waals surface area contributed by atoms with Gasteiger partial charge in [0, 0.05) is 22.3 Å². The zero-order chi connectivity index (χ0) is 56.7. The number of fused-ring (bicyclic) bond motifs is 2. The second-order valence-electron chi connectivity index (χ2n) is 26.5. The number of para-hydroxylation sites is 2. The summed E-state index contributed by atoms with van der Waals surface area (Å²) in [6.07, 6.45) is 0. The maximum atomic E-state index is 12.9. The smallest absolute Gasteiger partial charge is 0.149 e. The van der Waals surface area contributed by atoms with Crippen molar-refractivity contribution in [2.75, 3.05) is 0 Å². The van der Waals surface area contributed by atoms with Gasteiger partial charge < -0.3 is 5.11 Å². The molecule has 2 heterocycles. The molecule has 0 bridgehead atoms. The van der Waals surface area contributed by atoms with Crippen molar-refractivity contribution in [2.45, 2.75) is 144 Å². The molecule has 0 amide bonds. The first-order chi connectivity index (χ1) is 37.2. The van der Waals surface area contributed by atoms with Crippen molar-refractivity contribution in [1.82, 2.24) is 19.1 Å². The van der Waals surface area contributed by atoms with Gasteiger partial charge in [-0.25, -0.2) is 9.97 Å². The van der Waals surface area contributed by atoms with Crippen LogP contribution < -0.4 is 0 Å². The topological polar surface area (TPSA) is 79.7 Å². The number of aromatic nitrogens is 4. The number of hydrogen-bond acceptors (Lipinski definition) is 4. The van der Waals surface area contributed by atoms with Crippen LogP contribution in [0.3, 0.4) is 0 Å². The van der Waals surface area contributed by atoms with Crippen LogP contribution in [0.15, 0.2) is 158 Å². The zero-order valence-corrected chi connectivity index (χ0v) is 49.3. The quantitative estimate of drug-likeness (QED) is 0.156. The minimum Gasteiger partial charge on any atom is -0.507 e. The molecular weight excluding hydrogens is 963 g/mol. The molecule has 0 spiro atoms. The number of phenols is 1. The van der Waals surface area contributed by atoms with Crippen molar-refractivity contribution < 1.29 is 5.11 Å². The first-order valence-corrected chi connectivity index (χ1v) is 28.2. The third kappa shape index (κ3) is 10.1. The van der Waals surface area contributed by atoms with Crippen LogP contribution in [0.2, 0.25) is 0 Å². The molecule has 79 heavy (non-hydrogen) atoms. The normalized spacial score (nSPS) is 12.6. The Balaban J connectivity index is 1.33. The van der Waals surface area contributed by atoms with E-state index in [2.05, 4.69) is 266 Å². The van der Waals surface area contributed by atoms with Crippen molar-refractivity contribution in [2.24, 2.45) is 0 Å². The molecule has 0 radical (unpaired) electrons. The number of benzene rings is 8. The van der Waals surface area contributed by atoms with Crippen LogP contribution in [-0.2, 0) is 21.7 Å². The molecule has 0 saturated carbocycles. The molecule has 0 aliphatic carbocycles. The number of rotatable bonds is 9. The number of nitriles is 1. The van der Waals surface area contributed by atoms with Gasteiger partial charge in [-0.1, -0.05) is 208 Å². The molecule has 2 aromatic heterocycles. The third-order valence-electron chi connectivity index (χ3n) is 15.8. The average Bonchev–Trinajstić information content (AvgIpc) is 4.21. The van der Waals surface area contributed by atoms with Gasteiger partial charge in [0.05, 0.1) is 44.6 Å². The SMILES string of the molecule is CC(C)c1cc(-c2ccccc2)cc(C(C)C)c1-n1c(-c2cc(C(C)(C)C)cc(C(C)(C)C)c2O)nc2c(-c3cc(-c4nc5cccc(C#N)c5n4-c4ccc(C(C)(C)C)cc4-c4ccccc4)cc(C(C)(C)C)c3)cccc21. The van der Waals surface area contributed by atoms with E-state index in [9.17, 15) is 10.4 Å². The van der Waals surface area contributed by atoms with E-state index in [0.717, 1.165) is 83.8 Å². The molecule has 0 aliphatic rings. The summed E-state index contributed by atoms with van der Waals surface area (Å²) in [4.78, 5) is 11.4. The van der Waals surface area contributed by atoms with Crippen molar-refractivity contribution in [3.63, 3.8) is 0 Å². The van der Waals surface area contributed by atoms with Crippen molar-refractivity contribution in [3.8, 4) is 79.3 Å². The van der Waals surface area contributed by atoms with E-state index in [1.54, 1.807) is 0 Å². The lowest BCUT2D eigenvalue weighted by atomic mass is 9.78. The predicted octanol–water partition coefficient (Wildman–Crippen LogP) is 19.7. The van der Waals surface area contributed by atoms with E-state index in [4.69, 9.17) is 9.97 Å². The van der Waals surface area contributed by atoms with Crippen molar-refractivity contribution >= 4 is 22.1 Å². The van der Waals surface area contributed by atoms with Gasteiger partial charge in [0.15, 0.2) is 0 Å². The van der Waals surface area contributed by atoms with Gasteiger partial charge in [-0.15, -0.1) is 0 Å². The second kappa shape index (κ2) is 20.0. The Kier molecular flexibility index (Phi) is 13.8. The molecule has 0 saturated heterocycles. The van der Waals surface area contributed by atoms with Gasteiger partial charge >= 0.3 is 0 Å². The summed E-state index contributed by atoms with van der Waals surface area (Å²) in [5.41, 5.74) is 19.7. The van der Waals surface area contributed by atoms with Crippen molar-refractivity contribution in [1.29, 1.82) is 5.26 Å². The molecule has 400 valence electrons. The lowest BCUT2D eigenvalue weighted by Crippen LogP contribution is -2.17. The molecule has 6 nitrogen and oxygen atoms in total. The Morgan fingerprint density at radius 3 is 1.61 bits per heavy atom. The van der Waals surface area contributed by atoms with Crippen LogP contribution in [0.1, 0.15) is 162 Å². The number of imidazole rings is 2. The Morgan fingerprint density at radius 1 is 0.456 bits per heavy atom. The van der Waals surface area contributed by atoms with E-state index in [0.29, 0.717) is 17.0 Å². The summed E-state index contributed by atoms with van der Waals surface area (Å²) >= 11 is 0. The maximum absolute atomic E-state index is 12.9. The summed E-state index contributed by atoms with van der Waals surface area (Å²) < 4.78 is 4.59. The molecule has 6 heteroatoms. The lowest BCUT2D eigenvalue weighted by Gasteiger charge is -2.28. The summed E-state index contributed by atoms with van der Waals surface area (Å²) in [5.74, 6) is 1.96. The number of hydrogen-bond donors (Lipinski definition) is 1. The Hall–Kier alpha value is -8.01. The van der Waals surface area contributed by atoms with E-state index in [1.165, 1.54) is 27.8 Å². The van der Waals surface area contributed by atoms with Crippen LogP contribution in [0.5, 0.6) is 5.75 Å². The fraction of sp³-hybridized carbons (Fsp3) is 0.301. The fourth-order valence-electron chi connectivity index (χ4n) is 11.2. The highest BCUT2D eigenvalue weighted by atomic mass is 16.3. The molecule has 10 rings (SSSR count). The summed E-state index contributed by atoms with van der Waals surface area (Å²) in [6, 6.07) is 58.9. The van der Waals surface area contributed by atoms with Crippen LogP contribution in [0, 0.1) is 11.3 Å². The summed E-state index contributed by atoms with van der Waals surface area (Å²) in [6.45, 7) is 35.9. The molecule has 1 N–H and O–H groups in total. The molecule has 0 unspecified atom stereocenters. The molecule has 10 aromatic rings. The maximum Gasteiger partial charge on any atom is 0.149 e.